The van der Waals surface area contributed by atoms with Crippen molar-refractivity contribution < 1.29 is 0 Å². The molecular weight excluding hydrogens is 230 g/mol. The van der Waals surface area contributed by atoms with Crippen LogP contribution < -0.4 is 0 Å². The van der Waals surface area contributed by atoms with E-state index < -0.39 is 0 Å². The number of hydrogen-bond acceptors (Lipinski definition) is 0. The average Bonchev–Trinajstić information content (AvgIpc) is 2.79. The molecule has 0 spiro atoms. The van der Waals surface area contributed by atoms with Crippen molar-refractivity contribution in [2.45, 2.75) is 26.2 Å². The number of aromatic nitrogens is 1. The molecule has 1 nitrogen and oxygen atoms in total. The summed E-state index contributed by atoms with van der Waals surface area (Å²) in [4.78, 5) is 0. The molecular formula is C18H19N. The summed E-state index contributed by atoms with van der Waals surface area (Å²) >= 11 is 0. The summed E-state index contributed by atoms with van der Waals surface area (Å²) in [6.07, 6.45) is 3.07. The number of para-hydroxylation sites is 1. The average molecular weight is 249 g/mol. The lowest BCUT2D eigenvalue weighted by molar-refractivity contribution is 0.735. The van der Waals surface area contributed by atoms with E-state index in [0.29, 0.717) is 5.92 Å². The van der Waals surface area contributed by atoms with E-state index in [2.05, 4.69) is 67.5 Å². The SMILES string of the molecule is C=Cn1c2ccccc2c2cc([C@@H](C)CC)ccc21. The van der Waals surface area contributed by atoms with Gasteiger partial charge in [-0.1, -0.05) is 44.7 Å². The van der Waals surface area contributed by atoms with Crippen molar-refractivity contribution in [3.8, 4) is 0 Å². The van der Waals surface area contributed by atoms with Crippen LogP contribution in [0.1, 0.15) is 31.7 Å². The van der Waals surface area contributed by atoms with Gasteiger partial charge in [-0.3, -0.25) is 0 Å². The molecule has 0 unspecified atom stereocenters. The van der Waals surface area contributed by atoms with Crippen LogP contribution in [0.3, 0.4) is 0 Å². The molecule has 0 aliphatic rings. The van der Waals surface area contributed by atoms with Gasteiger partial charge in [0.15, 0.2) is 0 Å². The quantitative estimate of drug-likeness (QED) is 0.585. The molecule has 1 heteroatoms. The molecule has 0 saturated heterocycles. The summed E-state index contributed by atoms with van der Waals surface area (Å²) in [5.41, 5.74) is 3.89. The zero-order valence-corrected chi connectivity index (χ0v) is 11.6. The Morgan fingerprint density at radius 2 is 1.84 bits per heavy atom. The number of nitrogens with zero attached hydrogens (tertiary/aromatic N) is 1. The van der Waals surface area contributed by atoms with E-state index in [-0.39, 0.29) is 0 Å². The third-order valence-corrected chi connectivity index (χ3v) is 4.10. The van der Waals surface area contributed by atoms with Gasteiger partial charge in [0.25, 0.3) is 0 Å². The minimum absolute atomic E-state index is 0.607. The van der Waals surface area contributed by atoms with Gasteiger partial charge in [0.05, 0.1) is 11.0 Å². The Hall–Kier alpha value is -2.02. The van der Waals surface area contributed by atoms with Crippen LogP contribution in [-0.2, 0) is 0 Å². The molecule has 3 rings (SSSR count). The second-order valence-corrected chi connectivity index (χ2v) is 5.16. The second-order valence-electron chi connectivity index (χ2n) is 5.16. The Bertz CT molecular complexity index is 749. The summed E-state index contributed by atoms with van der Waals surface area (Å²) < 4.78 is 2.17. The largest absolute Gasteiger partial charge is 0.317 e. The standard InChI is InChI=1S/C18H19N/c1-4-13(3)14-10-11-18-16(12-14)15-8-6-7-9-17(15)19(18)5-2/h5-13H,2,4H2,1,3H3/t13-/m0/s1. The molecule has 2 aromatic carbocycles. The van der Waals surface area contributed by atoms with Gasteiger partial charge < -0.3 is 4.57 Å². The predicted molar refractivity (Wildman–Crippen MR) is 84.5 cm³/mol. The Kier molecular flexibility index (Phi) is 2.90. The summed E-state index contributed by atoms with van der Waals surface area (Å²) in [6.45, 7) is 8.46. The van der Waals surface area contributed by atoms with Gasteiger partial charge in [-0.05, 0) is 36.1 Å². The van der Waals surface area contributed by atoms with Crippen LogP contribution in [0, 0.1) is 0 Å². The zero-order chi connectivity index (χ0) is 13.4. The molecule has 1 atom stereocenters. The normalized spacial score (nSPS) is 12.9. The number of benzene rings is 2. The molecule has 0 amide bonds. The first kappa shape index (κ1) is 12.0. The Balaban J connectivity index is 2.39. The lowest BCUT2D eigenvalue weighted by Gasteiger charge is -2.09. The first-order chi connectivity index (χ1) is 9.26. The molecule has 0 N–H and O–H groups in total. The maximum absolute atomic E-state index is 3.94. The Morgan fingerprint density at radius 3 is 2.58 bits per heavy atom. The van der Waals surface area contributed by atoms with Crippen LogP contribution >= 0.6 is 0 Å². The molecule has 0 bridgehead atoms. The highest BCUT2D eigenvalue weighted by Crippen LogP contribution is 2.32. The van der Waals surface area contributed by atoms with Crippen LogP contribution in [0.15, 0.2) is 49.0 Å². The van der Waals surface area contributed by atoms with Crippen molar-refractivity contribution in [2.24, 2.45) is 0 Å². The minimum atomic E-state index is 0.607. The lowest BCUT2D eigenvalue weighted by Crippen LogP contribution is -1.91. The van der Waals surface area contributed by atoms with Gasteiger partial charge in [0, 0.05) is 17.0 Å². The topological polar surface area (TPSA) is 4.93 Å². The molecule has 0 fully saturated rings. The lowest BCUT2D eigenvalue weighted by atomic mass is 9.97. The molecule has 3 aromatic rings. The highest BCUT2D eigenvalue weighted by Gasteiger charge is 2.10. The second kappa shape index (κ2) is 4.58. The number of fused-ring (bicyclic) bond motifs is 3. The smallest absolute Gasteiger partial charge is 0.0534 e. The van der Waals surface area contributed by atoms with Crippen LogP contribution in [0.4, 0.5) is 0 Å². The van der Waals surface area contributed by atoms with Crippen LogP contribution in [0.5, 0.6) is 0 Å². The van der Waals surface area contributed by atoms with Gasteiger partial charge in [-0.25, -0.2) is 0 Å². The van der Waals surface area contributed by atoms with Crippen molar-refractivity contribution in [3.05, 3.63) is 54.6 Å². The van der Waals surface area contributed by atoms with Gasteiger partial charge in [0.1, 0.15) is 0 Å². The summed E-state index contributed by atoms with van der Waals surface area (Å²) in [5, 5.41) is 2.64. The first-order valence-electron chi connectivity index (χ1n) is 6.91. The molecule has 0 aliphatic heterocycles. The molecule has 0 aliphatic carbocycles. The molecule has 96 valence electrons. The Morgan fingerprint density at radius 1 is 1.11 bits per heavy atom. The van der Waals surface area contributed by atoms with E-state index in [0.717, 1.165) is 0 Å². The molecule has 19 heavy (non-hydrogen) atoms. The van der Waals surface area contributed by atoms with Crippen molar-refractivity contribution in [2.75, 3.05) is 0 Å². The van der Waals surface area contributed by atoms with Crippen LogP contribution in [0.2, 0.25) is 0 Å². The van der Waals surface area contributed by atoms with Crippen molar-refractivity contribution in [1.29, 1.82) is 0 Å². The fourth-order valence-corrected chi connectivity index (χ4v) is 2.76. The van der Waals surface area contributed by atoms with Crippen LogP contribution in [0.25, 0.3) is 28.0 Å². The molecule has 1 heterocycles. The maximum atomic E-state index is 3.94. The van der Waals surface area contributed by atoms with Crippen molar-refractivity contribution in [3.63, 3.8) is 0 Å². The van der Waals surface area contributed by atoms with Gasteiger partial charge in [-0.15, -0.1) is 0 Å². The van der Waals surface area contributed by atoms with E-state index in [1.807, 2.05) is 6.20 Å². The van der Waals surface area contributed by atoms with Crippen molar-refractivity contribution in [1.82, 2.24) is 4.57 Å². The fraction of sp³-hybridized carbons (Fsp3) is 0.222. The number of rotatable bonds is 3. The third kappa shape index (κ3) is 1.77. The summed E-state index contributed by atoms with van der Waals surface area (Å²) in [7, 11) is 0. The predicted octanol–water partition coefficient (Wildman–Crippen LogP) is 5.41. The van der Waals surface area contributed by atoms with Gasteiger partial charge in [-0.2, -0.15) is 0 Å². The van der Waals surface area contributed by atoms with Crippen molar-refractivity contribution >= 4 is 28.0 Å². The first-order valence-corrected chi connectivity index (χ1v) is 6.91. The molecule has 0 saturated carbocycles. The fourth-order valence-electron chi connectivity index (χ4n) is 2.76. The summed E-state index contributed by atoms with van der Waals surface area (Å²) in [6, 6.07) is 15.3. The monoisotopic (exact) mass is 249 g/mol. The third-order valence-electron chi connectivity index (χ3n) is 4.10. The zero-order valence-electron chi connectivity index (χ0n) is 11.6. The van der Waals surface area contributed by atoms with Gasteiger partial charge >= 0.3 is 0 Å². The van der Waals surface area contributed by atoms with E-state index in [1.54, 1.807) is 0 Å². The van der Waals surface area contributed by atoms with E-state index in [1.165, 1.54) is 33.8 Å². The Labute approximate surface area is 114 Å². The number of hydrogen-bond donors (Lipinski definition) is 0. The van der Waals surface area contributed by atoms with E-state index in [4.69, 9.17) is 0 Å². The highest BCUT2D eigenvalue weighted by molar-refractivity contribution is 6.09. The molecule has 1 aromatic heterocycles. The minimum Gasteiger partial charge on any atom is -0.317 e. The van der Waals surface area contributed by atoms with E-state index >= 15 is 0 Å². The highest BCUT2D eigenvalue weighted by atomic mass is 14.9. The summed E-state index contributed by atoms with van der Waals surface area (Å²) in [5.74, 6) is 0.607. The molecule has 0 radical (unpaired) electrons. The van der Waals surface area contributed by atoms with Crippen LogP contribution in [-0.4, -0.2) is 4.57 Å². The van der Waals surface area contributed by atoms with Gasteiger partial charge in [0.2, 0.25) is 0 Å². The van der Waals surface area contributed by atoms with E-state index in [9.17, 15) is 0 Å². The maximum Gasteiger partial charge on any atom is 0.0534 e.